The van der Waals surface area contributed by atoms with Crippen LogP contribution in [0.2, 0.25) is 0 Å². The molecule has 0 amide bonds. The van der Waals surface area contributed by atoms with Crippen LogP contribution in [0.15, 0.2) is 0 Å². The minimum atomic E-state index is 0. The summed E-state index contributed by atoms with van der Waals surface area (Å²) >= 11 is 0. The fourth-order valence-corrected chi connectivity index (χ4v) is 0. The van der Waals surface area contributed by atoms with Gasteiger partial charge < -0.3 is 28.4 Å². The van der Waals surface area contributed by atoms with E-state index in [4.69, 9.17) is 0 Å². The minimum Gasteiger partial charge on any atom is -1.00 e. The van der Waals surface area contributed by atoms with Gasteiger partial charge in [0.05, 0.1) is 0 Å². The molecule has 5 heteroatoms. The third-order valence-corrected chi connectivity index (χ3v) is 0. The van der Waals surface area contributed by atoms with Crippen LogP contribution in [-0.4, -0.2) is 42.3 Å². The van der Waals surface area contributed by atoms with E-state index >= 15 is 0 Å². The molecule has 0 atom stereocenters. The molecule has 0 heterocycles. The average Bonchev–Trinajstić information content (AvgIpc) is 1.70. The Labute approximate surface area is 92.4 Å². The van der Waals surface area contributed by atoms with Crippen LogP contribution in [0.5, 0.6) is 0 Å². The van der Waals surface area contributed by atoms with Crippen LogP contribution in [0.4, 0.5) is 0 Å². The first-order valence-electron chi connectivity index (χ1n) is 2.68. The van der Waals surface area contributed by atoms with Crippen molar-refractivity contribution in [3.8, 4) is 0 Å². The zero-order chi connectivity index (χ0) is 8.12. The van der Waals surface area contributed by atoms with Gasteiger partial charge in [-0.3, -0.25) is 0 Å². The van der Waals surface area contributed by atoms with Crippen LogP contribution in [0, 0.1) is 0 Å². The molecule has 3 nitrogen and oxygen atoms in total. The smallest absolute Gasteiger partial charge is 1.00 e. The maximum atomic E-state index is 3.50. The summed E-state index contributed by atoms with van der Waals surface area (Å²) in [5.74, 6) is 0. The summed E-state index contributed by atoms with van der Waals surface area (Å²) in [6, 6.07) is 0. The molecule has 0 bridgehead atoms. The van der Waals surface area contributed by atoms with Crippen LogP contribution >= 0.6 is 0 Å². The summed E-state index contributed by atoms with van der Waals surface area (Å²) in [6.45, 7) is 0. The normalized spacial score (nSPS) is 4.91. The molecule has 0 N–H and O–H groups in total. The molecule has 0 spiro atoms. The topological polar surface area (TPSA) is 42.3 Å². The van der Waals surface area contributed by atoms with Crippen molar-refractivity contribution in [1.29, 1.82) is 0 Å². The van der Waals surface area contributed by atoms with Crippen molar-refractivity contribution in [3.63, 3.8) is 0 Å². The molecule has 0 saturated heterocycles. The molecule has 0 saturated carbocycles. The van der Waals surface area contributed by atoms with Gasteiger partial charge in [-0.05, 0) is 0 Å². The Kier molecular flexibility index (Phi) is 190. The largest absolute Gasteiger partial charge is 3.00 e. The molecule has 11 heavy (non-hydrogen) atoms. The molecule has 0 aliphatic heterocycles. The van der Waals surface area contributed by atoms with E-state index in [2.05, 4.69) is 16.0 Å². The molecule has 0 unspecified atom stereocenters. The summed E-state index contributed by atoms with van der Waals surface area (Å²) < 4.78 is 0. The minimum absolute atomic E-state index is 0. The van der Waals surface area contributed by atoms with Crippen LogP contribution in [0.3, 0.4) is 0 Å². The molecule has 0 aliphatic carbocycles. The fourth-order valence-electron chi connectivity index (χ4n) is 0. The van der Waals surface area contributed by atoms with Crippen molar-refractivity contribution >= 4 is 0 Å². The number of hydrogen-bond acceptors (Lipinski definition) is 0. The van der Waals surface area contributed by atoms with Crippen molar-refractivity contribution in [1.82, 2.24) is 0 Å². The summed E-state index contributed by atoms with van der Waals surface area (Å²) in [4.78, 5) is 0. The SMILES string of the molecule is C[N-]C.C[N-]C.C[N-]C.[Cl-].[Ti+3]. The number of rotatable bonds is 0. The van der Waals surface area contributed by atoms with E-state index in [1.807, 2.05) is 0 Å². The Morgan fingerprint density at radius 2 is 0.545 bits per heavy atom. The molecule has 1 radical (unpaired) electrons. The number of halogens is 1. The summed E-state index contributed by atoms with van der Waals surface area (Å²) in [5, 5.41) is 10.5. The van der Waals surface area contributed by atoms with E-state index in [0.717, 1.165) is 0 Å². The van der Waals surface area contributed by atoms with Gasteiger partial charge in [-0.2, -0.15) is 42.3 Å². The second kappa shape index (κ2) is 70.5. The molecule has 69 valence electrons. The van der Waals surface area contributed by atoms with Gasteiger partial charge in [-0.1, -0.05) is 0 Å². The molecule has 0 aliphatic rings. The number of nitrogens with zero attached hydrogens (tertiary/aromatic N) is 3. The van der Waals surface area contributed by atoms with E-state index in [1.165, 1.54) is 0 Å². The van der Waals surface area contributed by atoms with Crippen molar-refractivity contribution in [2.75, 3.05) is 42.3 Å². The van der Waals surface area contributed by atoms with Crippen LogP contribution < -0.4 is 12.4 Å². The van der Waals surface area contributed by atoms with Gasteiger partial charge in [0, 0.05) is 0 Å². The zero-order valence-corrected chi connectivity index (χ0v) is 10.5. The first kappa shape index (κ1) is 29.7. The van der Waals surface area contributed by atoms with Crippen LogP contribution in [0.25, 0.3) is 16.0 Å². The summed E-state index contributed by atoms with van der Waals surface area (Å²) in [7, 11) is 10.5. The van der Waals surface area contributed by atoms with Crippen LogP contribution in [-0.2, 0) is 21.7 Å². The van der Waals surface area contributed by atoms with Crippen molar-refractivity contribution in [2.45, 2.75) is 0 Å². The van der Waals surface area contributed by atoms with Gasteiger partial charge in [0.15, 0.2) is 0 Å². The maximum absolute atomic E-state index is 3.50. The zero-order valence-electron chi connectivity index (χ0n) is 8.22. The molecular formula is C6H18ClN3Ti-. The fraction of sp³-hybridized carbons (Fsp3) is 1.00. The Morgan fingerprint density at radius 1 is 0.545 bits per heavy atom. The second-order valence-electron chi connectivity index (χ2n) is 1.34. The first-order valence-corrected chi connectivity index (χ1v) is 2.68. The van der Waals surface area contributed by atoms with Gasteiger partial charge in [-0.25, -0.2) is 0 Å². The van der Waals surface area contributed by atoms with Crippen molar-refractivity contribution < 1.29 is 34.1 Å². The molecule has 0 fully saturated rings. The molecule has 0 rings (SSSR count). The van der Waals surface area contributed by atoms with E-state index in [9.17, 15) is 0 Å². The first-order chi connectivity index (χ1) is 4.24. The Hall–Kier alpha value is 0.884. The third-order valence-electron chi connectivity index (χ3n) is 0. The molecule has 0 aromatic rings. The van der Waals surface area contributed by atoms with Gasteiger partial charge in [0.25, 0.3) is 0 Å². The third kappa shape index (κ3) is 1100. The van der Waals surface area contributed by atoms with Gasteiger partial charge in [0.2, 0.25) is 0 Å². The summed E-state index contributed by atoms with van der Waals surface area (Å²) in [5.41, 5.74) is 0. The average molecular weight is 216 g/mol. The Balaban J connectivity index is -0.0000000150. The van der Waals surface area contributed by atoms with Crippen molar-refractivity contribution in [3.05, 3.63) is 16.0 Å². The van der Waals surface area contributed by atoms with Crippen molar-refractivity contribution in [2.24, 2.45) is 0 Å². The van der Waals surface area contributed by atoms with E-state index in [1.54, 1.807) is 42.3 Å². The maximum Gasteiger partial charge on any atom is 3.00 e. The monoisotopic (exact) mass is 215 g/mol. The van der Waals surface area contributed by atoms with Gasteiger partial charge >= 0.3 is 21.7 Å². The predicted molar refractivity (Wildman–Crippen MR) is 45.6 cm³/mol. The quantitative estimate of drug-likeness (QED) is 0.459. The van der Waals surface area contributed by atoms with Crippen LogP contribution in [0.1, 0.15) is 0 Å². The Bertz CT molecular complexity index is 22.5. The van der Waals surface area contributed by atoms with Gasteiger partial charge in [-0.15, -0.1) is 0 Å². The second-order valence-corrected chi connectivity index (χ2v) is 1.34. The molecular weight excluding hydrogens is 197 g/mol. The standard InChI is InChI=1S/3C2H6N.ClH.Ti/c3*1-3-2;;/h3*1-2H3;1H;/q3*-1;;+3/p-1. The molecule has 0 aromatic carbocycles. The van der Waals surface area contributed by atoms with E-state index in [-0.39, 0.29) is 34.1 Å². The Morgan fingerprint density at radius 3 is 0.545 bits per heavy atom. The number of hydrogen-bond donors (Lipinski definition) is 0. The molecule has 0 aromatic heterocycles. The van der Waals surface area contributed by atoms with E-state index in [0.29, 0.717) is 0 Å². The van der Waals surface area contributed by atoms with Gasteiger partial charge in [0.1, 0.15) is 0 Å². The predicted octanol–water partition coefficient (Wildman–Crippen LogP) is -1.14. The van der Waals surface area contributed by atoms with E-state index < -0.39 is 0 Å². The summed E-state index contributed by atoms with van der Waals surface area (Å²) in [6.07, 6.45) is 0.